The van der Waals surface area contributed by atoms with Crippen LogP contribution in [0.2, 0.25) is 0 Å². The number of rotatable bonds is 6. The smallest absolute Gasteiger partial charge is 0.394 e. The fraction of sp³-hybridized carbons (Fsp3) is 0.115. The van der Waals surface area contributed by atoms with E-state index in [1.165, 1.54) is 24.3 Å². The lowest BCUT2D eigenvalue weighted by Crippen LogP contribution is -2.46. The molecule has 0 saturated heterocycles. The molecule has 3 N–H and O–H groups in total. The minimum Gasteiger partial charge on any atom is -0.394 e. The summed E-state index contributed by atoms with van der Waals surface area (Å²) in [5.74, 6) is -1.17. The number of aliphatic hydroxyl groups is 1. The van der Waals surface area contributed by atoms with E-state index in [1.54, 1.807) is 42.6 Å². The molecule has 1 atom stereocenters. The van der Waals surface area contributed by atoms with Crippen molar-refractivity contribution in [1.82, 2.24) is 10.3 Å². The van der Waals surface area contributed by atoms with Crippen molar-refractivity contribution in [2.75, 3.05) is 11.9 Å². The van der Waals surface area contributed by atoms with Gasteiger partial charge in [0, 0.05) is 22.8 Å². The highest BCUT2D eigenvalue weighted by atomic mass is 19.4. The molecule has 0 radical (unpaired) electrons. The molecule has 35 heavy (non-hydrogen) atoms. The van der Waals surface area contributed by atoms with Crippen molar-refractivity contribution in [3.05, 3.63) is 96.2 Å². The van der Waals surface area contributed by atoms with Gasteiger partial charge in [-0.1, -0.05) is 30.3 Å². The Hall–Kier alpha value is -4.24. The summed E-state index contributed by atoms with van der Waals surface area (Å²) in [7, 11) is 0. The molecule has 0 bridgehead atoms. The molecule has 0 aliphatic carbocycles. The van der Waals surface area contributed by atoms with E-state index in [4.69, 9.17) is 0 Å². The number of nitrogens with one attached hydrogen (secondary N) is 2. The van der Waals surface area contributed by atoms with Gasteiger partial charge >= 0.3 is 6.18 Å². The molecule has 2 amide bonds. The van der Waals surface area contributed by atoms with E-state index in [1.807, 2.05) is 6.07 Å². The first-order chi connectivity index (χ1) is 16.7. The molecule has 1 aromatic heterocycles. The number of hydrogen-bond acceptors (Lipinski definition) is 4. The number of nitrogens with zero attached hydrogens (tertiary/aromatic N) is 1. The molecule has 0 aliphatic heterocycles. The Morgan fingerprint density at radius 1 is 0.914 bits per heavy atom. The van der Waals surface area contributed by atoms with Gasteiger partial charge in [-0.15, -0.1) is 0 Å². The molecule has 0 fully saturated rings. The van der Waals surface area contributed by atoms with Crippen LogP contribution in [0.5, 0.6) is 0 Å². The van der Waals surface area contributed by atoms with Gasteiger partial charge in [0.25, 0.3) is 5.91 Å². The van der Waals surface area contributed by atoms with E-state index in [0.717, 1.165) is 23.0 Å². The quantitative estimate of drug-likeness (QED) is 0.376. The number of amides is 2. The van der Waals surface area contributed by atoms with Crippen LogP contribution in [0.25, 0.3) is 22.0 Å². The number of aromatic nitrogens is 1. The Kier molecular flexibility index (Phi) is 6.79. The van der Waals surface area contributed by atoms with Crippen molar-refractivity contribution in [2.24, 2.45) is 0 Å². The molecule has 178 valence electrons. The van der Waals surface area contributed by atoms with Crippen LogP contribution in [0.1, 0.15) is 15.9 Å². The molecule has 3 aromatic carbocycles. The molecule has 4 aromatic rings. The monoisotopic (exact) mass is 479 g/mol. The number of fused-ring (bicyclic) bond motifs is 1. The SMILES string of the molecule is O=C(NC(CO)C(=O)Nc1ccc2ncccc2c1)c1ccc(-c2ccc(C(F)(F)F)cc2)cc1. The van der Waals surface area contributed by atoms with E-state index >= 15 is 0 Å². The second kappa shape index (κ2) is 9.94. The Morgan fingerprint density at radius 3 is 2.20 bits per heavy atom. The van der Waals surface area contributed by atoms with Gasteiger partial charge in [0.15, 0.2) is 0 Å². The topological polar surface area (TPSA) is 91.3 Å². The highest BCUT2D eigenvalue weighted by Gasteiger charge is 2.30. The Bertz CT molecular complexity index is 1350. The average molecular weight is 479 g/mol. The van der Waals surface area contributed by atoms with Gasteiger partial charge in [-0.3, -0.25) is 14.6 Å². The Balaban J connectivity index is 1.41. The molecular weight excluding hydrogens is 459 g/mol. The summed E-state index contributed by atoms with van der Waals surface area (Å²) in [5.41, 5.74) is 1.91. The predicted octanol–water partition coefficient (Wildman–Crippen LogP) is 4.65. The van der Waals surface area contributed by atoms with Crippen LogP contribution < -0.4 is 10.6 Å². The lowest BCUT2D eigenvalue weighted by atomic mass is 10.0. The number of carbonyl (C=O) groups is 2. The third kappa shape index (κ3) is 5.64. The zero-order valence-electron chi connectivity index (χ0n) is 18.2. The molecule has 9 heteroatoms. The van der Waals surface area contributed by atoms with Crippen molar-refractivity contribution in [1.29, 1.82) is 0 Å². The van der Waals surface area contributed by atoms with Crippen LogP contribution in [0.15, 0.2) is 85.1 Å². The van der Waals surface area contributed by atoms with Gasteiger partial charge < -0.3 is 15.7 Å². The van der Waals surface area contributed by atoms with Crippen molar-refractivity contribution in [3.8, 4) is 11.1 Å². The van der Waals surface area contributed by atoms with Crippen molar-refractivity contribution in [3.63, 3.8) is 0 Å². The van der Waals surface area contributed by atoms with Crippen LogP contribution in [0, 0.1) is 0 Å². The van der Waals surface area contributed by atoms with Gasteiger partial charge in [0.05, 0.1) is 17.7 Å². The summed E-state index contributed by atoms with van der Waals surface area (Å²) >= 11 is 0. The Labute approximate surface area is 198 Å². The van der Waals surface area contributed by atoms with Crippen LogP contribution >= 0.6 is 0 Å². The van der Waals surface area contributed by atoms with Crippen LogP contribution in [-0.4, -0.2) is 34.6 Å². The van der Waals surface area contributed by atoms with Gasteiger partial charge in [-0.05, 0) is 59.7 Å². The maximum atomic E-state index is 12.7. The second-order valence-electron chi connectivity index (χ2n) is 7.76. The average Bonchev–Trinajstić information content (AvgIpc) is 2.86. The van der Waals surface area contributed by atoms with Gasteiger partial charge in [0.1, 0.15) is 6.04 Å². The number of carbonyl (C=O) groups excluding carboxylic acids is 2. The first-order valence-electron chi connectivity index (χ1n) is 10.6. The largest absolute Gasteiger partial charge is 0.416 e. The van der Waals surface area contributed by atoms with Gasteiger partial charge in [0.2, 0.25) is 5.91 Å². The minimum atomic E-state index is -4.42. The number of anilines is 1. The molecule has 6 nitrogen and oxygen atoms in total. The lowest BCUT2D eigenvalue weighted by Gasteiger charge is -2.16. The zero-order valence-corrected chi connectivity index (χ0v) is 18.2. The molecule has 0 aliphatic rings. The van der Waals surface area contributed by atoms with Gasteiger partial charge in [-0.25, -0.2) is 0 Å². The number of halogens is 3. The third-order valence-electron chi connectivity index (χ3n) is 5.37. The summed E-state index contributed by atoms with van der Waals surface area (Å²) in [6, 6.07) is 18.4. The maximum Gasteiger partial charge on any atom is 0.416 e. The van der Waals surface area contributed by atoms with E-state index in [2.05, 4.69) is 15.6 Å². The van der Waals surface area contributed by atoms with Crippen LogP contribution in [-0.2, 0) is 11.0 Å². The molecule has 0 saturated carbocycles. The fourth-order valence-electron chi connectivity index (χ4n) is 3.48. The minimum absolute atomic E-state index is 0.226. The normalized spacial score (nSPS) is 12.2. The van der Waals surface area contributed by atoms with E-state index in [9.17, 15) is 27.9 Å². The zero-order chi connectivity index (χ0) is 25.0. The number of aliphatic hydroxyl groups excluding tert-OH is 1. The lowest BCUT2D eigenvalue weighted by molar-refractivity contribution is -0.137. The summed E-state index contributed by atoms with van der Waals surface area (Å²) in [4.78, 5) is 29.4. The standard InChI is InChI=1S/C26H20F3N3O3/c27-26(28,29)20-9-7-17(8-10-20)16-3-5-18(6-4-16)24(34)32-23(15-33)25(35)31-21-11-12-22-19(14-21)2-1-13-30-22/h1-14,23,33H,15H2,(H,31,35)(H,32,34). The number of hydrogen-bond donors (Lipinski definition) is 3. The van der Waals surface area contributed by atoms with E-state index in [-0.39, 0.29) is 5.56 Å². The summed E-state index contributed by atoms with van der Waals surface area (Å²) < 4.78 is 38.2. The number of benzene rings is 3. The van der Waals surface area contributed by atoms with Crippen molar-refractivity contribution in [2.45, 2.75) is 12.2 Å². The molecule has 1 unspecified atom stereocenters. The van der Waals surface area contributed by atoms with Crippen LogP contribution in [0.3, 0.4) is 0 Å². The van der Waals surface area contributed by atoms with E-state index in [0.29, 0.717) is 16.8 Å². The maximum absolute atomic E-state index is 12.7. The highest BCUT2D eigenvalue weighted by molar-refractivity contribution is 6.02. The summed E-state index contributed by atoms with van der Waals surface area (Å²) in [6.45, 7) is -0.615. The van der Waals surface area contributed by atoms with Crippen molar-refractivity contribution >= 4 is 28.4 Å². The second-order valence-corrected chi connectivity index (χ2v) is 7.76. The fourth-order valence-corrected chi connectivity index (χ4v) is 3.48. The summed E-state index contributed by atoms with van der Waals surface area (Å²) in [5, 5.41) is 15.6. The Morgan fingerprint density at radius 2 is 1.57 bits per heavy atom. The molecule has 0 spiro atoms. The number of pyridine rings is 1. The first-order valence-corrected chi connectivity index (χ1v) is 10.6. The number of alkyl halides is 3. The van der Waals surface area contributed by atoms with Crippen LogP contribution in [0.4, 0.5) is 18.9 Å². The molecule has 1 heterocycles. The first kappa shape index (κ1) is 23.9. The van der Waals surface area contributed by atoms with Crippen molar-refractivity contribution < 1.29 is 27.9 Å². The molecule has 4 rings (SSSR count). The van der Waals surface area contributed by atoms with E-state index < -0.39 is 36.2 Å². The van der Waals surface area contributed by atoms with Gasteiger partial charge in [-0.2, -0.15) is 13.2 Å². The highest BCUT2D eigenvalue weighted by Crippen LogP contribution is 2.31. The predicted molar refractivity (Wildman–Crippen MR) is 126 cm³/mol. The summed E-state index contributed by atoms with van der Waals surface area (Å²) in [6.07, 6.45) is -2.75. The third-order valence-corrected chi connectivity index (χ3v) is 5.37. The molecular formula is C26H20F3N3O3.